The van der Waals surface area contributed by atoms with Crippen LogP contribution in [0.25, 0.3) is 0 Å². The zero-order valence-electron chi connectivity index (χ0n) is 8.18. The van der Waals surface area contributed by atoms with E-state index in [9.17, 15) is 5.11 Å². The van der Waals surface area contributed by atoms with E-state index in [1.807, 2.05) is 0 Å². The summed E-state index contributed by atoms with van der Waals surface area (Å²) < 4.78 is 0. The highest BCUT2D eigenvalue weighted by Crippen LogP contribution is 2.39. The lowest BCUT2D eigenvalue weighted by Crippen LogP contribution is -2.35. The molecule has 0 aliphatic heterocycles. The van der Waals surface area contributed by atoms with Gasteiger partial charge in [0.05, 0.1) is 11.5 Å². The van der Waals surface area contributed by atoms with Gasteiger partial charge in [0.2, 0.25) is 0 Å². The van der Waals surface area contributed by atoms with Crippen molar-refractivity contribution in [1.82, 2.24) is 0 Å². The summed E-state index contributed by atoms with van der Waals surface area (Å²) in [5.41, 5.74) is 0.317. The average Bonchev–Trinajstić information content (AvgIpc) is 1.92. The molecule has 0 bridgehead atoms. The van der Waals surface area contributed by atoms with Crippen LogP contribution in [0.4, 0.5) is 0 Å². The second kappa shape index (κ2) is 3.55. The highest BCUT2D eigenvalue weighted by molar-refractivity contribution is 6.21. The van der Waals surface area contributed by atoms with Crippen molar-refractivity contribution in [2.45, 2.75) is 51.5 Å². The molecule has 0 saturated heterocycles. The van der Waals surface area contributed by atoms with Gasteiger partial charge in [0, 0.05) is 0 Å². The molecule has 1 rings (SSSR count). The van der Waals surface area contributed by atoms with Crippen LogP contribution < -0.4 is 0 Å². The molecule has 0 amide bonds. The maximum Gasteiger partial charge on any atom is 0.0706 e. The topological polar surface area (TPSA) is 20.2 Å². The van der Waals surface area contributed by atoms with E-state index in [0.29, 0.717) is 11.3 Å². The summed E-state index contributed by atoms with van der Waals surface area (Å²) in [6, 6.07) is 0. The molecule has 0 aromatic heterocycles. The summed E-state index contributed by atoms with van der Waals surface area (Å²) in [5, 5.41) is 9.57. The molecule has 1 aliphatic rings. The Labute approximate surface area is 80.1 Å². The standard InChI is InChI=1S/C10H19ClO/c1-10(2,3)7-4-5-8(11)9(12)6-7/h7-9,12H,4-6H2,1-3H3/t7-,8?,9-/m1/s1. The Balaban J connectivity index is 2.51. The Kier molecular flexibility index (Phi) is 3.06. The Hall–Kier alpha value is 0.250. The fraction of sp³-hybridized carbons (Fsp3) is 1.00. The fourth-order valence-electron chi connectivity index (χ4n) is 1.90. The molecule has 2 heteroatoms. The van der Waals surface area contributed by atoms with Crippen LogP contribution >= 0.6 is 11.6 Å². The molecule has 1 saturated carbocycles. The first-order valence-electron chi connectivity index (χ1n) is 4.73. The van der Waals surface area contributed by atoms with Crippen LogP contribution in [-0.2, 0) is 0 Å². The van der Waals surface area contributed by atoms with Crippen LogP contribution in [0.3, 0.4) is 0 Å². The minimum Gasteiger partial charge on any atom is -0.392 e. The van der Waals surface area contributed by atoms with E-state index in [4.69, 9.17) is 11.6 Å². The van der Waals surface area contributed by atoms with Gasteiger partial charge < -0.3 is 5.11 Å². The van der Waals surface area contributed by atoms with Crippen molar-refractivity contribution in [3.05, 3.63) is 0 Å². The Morgan fingerprint density at radius 1 is 1.25 bits per heavy atom. The minimum absolute atomic E-state index is 0.0106. The first-order chi connectivity index (χ1) is 5.41. The molecular weight excluding hydrogens is 172 g/mol. The molecule has 72 valence electrons. The molecule has 1 fully saturated rings. The number of aliphatic hydroxyl groups is 1. The third-order valence-electron chi connectivity index (χ3n) is 2.96. The lowest BCUT2D eigenvalue weighted by atomic mass is 9.71. The summed E-state index contributed by atoms with van der Waals surface area (Å²) in [4.78, 5) is 0. The van der Waals surface area contributed by atoms with Crippen LogP contribution in [0.5, 0.6) is 0 Å². The van der Waals surface area contributed by atoms with Gasteiger partial charge >= 0.3 is 0 Å². The lowest BCUT2D eigenvalue weighted by molar-refractivity contribution is 0.0619. The molecule has 0 radical (unpaired) electrons. The average molecular weight is 191 g/mol. The molecule has 1 unspecified atom stereocenters. The molecule has 0 aromatic carbocycles. The van der Waals surface area contributed by atoms with Crippen molar-refractivity contribution < 1.29 is 5.11 Å². The van der Waals surface area contributed by atoms with E-state index in [1.165, 1.54) is 0 Å². The predicted molar refractivity (Wildman–Crippen MR) is 52.4 cm³/mol. The second-order valence-electron chi connectivity index (χ2n) is 4.96. The summed E-state index contributed by atoms with van der Waals surface area (Å²) in [6.45, 7) is 6.71. The van der Waals surface area contributed by atoms with Crippen molar-refractivity contribution in [1.29, 1.82) is 0 Å². The van der Waals surface area contributed by atoms with Crippen molar-refractivity contribution >= 4 is 11.6 Å². The van der Waals surface area contributed by atoms with Gasteiger partial charge in [-0.05, 0) is 30.6 Å². The van der Waals surface area contributed by atoms with Gasteiger partial charge in [-0.15, -0.1) is 11.6 Å². The smallest absolute Gasteiger partial charge is 0.0706 e. The maximum absolute atomic E-state index is 9.58. The number of halogens is 1. The van der Waals surface area contributed by atoms with Crippen LogP contribution in [0, 0.1) is 11.3 Å². The molecule has 0 heterocycles. The third kappa shape index (κ3) is 2.37. The first-order valence-corrected chi connectivity index (χ1v) is 5.17. The maximum atomic E-state index is 9.58. The van der Waals surface area contributed by atoms with Crippen LogP contribution in [-0.4, -0.2) is 16.6 Å². The van der Waals surface area contributed by atoms with Crippen molar-refractivity contribution in [3.8, 4) is 0 Å². The largest absolute Gasteiger partial charge is 0.392 e. The van der Waals surface area contributed by atoms with Gasteiger partial charge in [-0.2, -0.15) is 0 Å². The number of hydrogen-bond donors (Lipinski definition) is 1. The van der Waals surface area contributed by atoms with E-state index < -0.39 is 0 Å². The zero-order chi connectivity index (χ0) is 9.35. The van der Waals surface area contributed by atoms with Gasteiger partial charge in [0.15, 0.2) is 0 Å². The second-order valence-corrected chi connectivity index (χ2v) is 5.52. The quantitative estimate of drug-likeness (QED) is 0.583. The Bertz CT molecular complexity index is 150. The summed E-state index contributed by atoms with van der Waals surface area (Å²) >= 11 is 5.93. The number of aliphatic hydroxyl groups excluding tert-OH is 1. The van der Waals surface area contributed by atoms with Crippen molar-refractivity contribution in [3.63, 3.8) is 0 Å². The highest BCUT2D eigenvalue weighted by atomic mass is 35.5. The summed E-state index contributed by atoms with van der Waals surface area (Å²) in [6.07, 6.45) is 2.71. The molecule has 0 aromatic rings. The number of rotatable bonds is 0. The molecule has 0 spiro atoms. The number of alkyl halides is 1. The molecule has 1 N–H and O–H groups in total. The van der Waals surface area contributed by atoms with Crippen LogP contribution in [0.2, 0.25) is 0 Å². The van der Waals surface area contributed by atoms with E-state index in [0.717, 1.165) is 19.3 Å². The third-order valence-corrected chi connectivity index (χ3v) is 3.47. The van der Waals surface area contributed by atoms with Crippen molar-refractivity contribution in [2.75, 3.05) is 0 Å². The first kappa shape index (κ1) is 10.3. The molecule has 12 heavy (non-hydrogen) atoms. The van der Waals surface area contributed by atoms with Crippen molar-refractivity contribution in [2.24, 2.45) is 11.3 Å². The van der Waals surface area contributed by atoms with E-state index in [-0.39, 0.29) is 11.5 Å². The van der Waals surface area contributed by atoms with E-state index in [1.54, 1.807) is 0 Å². The van der Waals surface area contributed by atoms with E-state index in [2.05, 4.69) is 20.8 Å². The van der Waals surface area contributed by atoms with Crippen LogP contribution in [0.15, 0.2) is 0 Å². The van der Waals surface area contributed by atoms with Gasteiger partial charge in [-0.3, -0.25) is 0 Å². The monoisotopic (exact) mass is 190 g/mol. The van der Waals surface area contributed by atoms with Gasteiger partial charge in [-0.25, -0.2) is 0 Å². The van der Waals surface area contributed by atoms with Gasteiger partial charge in [0.25, 0.3) is 0 Å². The summed E-state index contributed by atoms with van der Waals surface area (Å²) in [5.74, 6) is 0.627. The van der Waals surface area contributed by atoms with Crippen LogP contribution in [0.1, 0.15) is 40.0 Å². The predicted octanol–water partition coefficient (Wildman–Crippen LogP) is 2.80. The van der Waals surface area contributed by atoms with Gasteiger partial charge in [0.1, 0.15) is 0 Å². The fourth-order valence-corrected chi connectivity index (χ4v) is 2.13. The number of hydrogen-bond acceptors (Lipinski definition) is 1. The molecule has 3 atom stereocenters. The van der Waals surface area contributed by atoms with E-state index >= 15 is 0 Å². The Morgan fingerprint density at radius 3 is 2.25 bits per heavy atom. The molecule has 1 aliphatic carbocycles. The lowest BCUT2D eigenvalue weighted by Gasteiger charge is -2.37. The molecular formula is C10H19ClO. The van der Waals surface area contributed by atoms with Gasteiger partial charge in [-0.1, -0.05) is 20.8 Å². The highest BCUT2D eigenvalue weighted by Gasteiger charge is 2.33. The minimum atomic E-state index is -0.287. The normalized spacial score (nSPS) is 38.2. The summed E-state index contributed by atoms with van der Waals surface area (Å²) in [7, 11) is 0. The SMILES string of the molecule is CC(C)(C)[C@@H]1CCC(Cl)[C@H](O)C1. The zero-order valence-corrected chi connectivity index (χ0v) is 8.93. The molecule has 1 nitrogen and oxygen atoms in total. The Morgan fingerprint density at radius 2 is 1.83 bits per heavy atom.